The van der Waals surface area contributed by atoms with Gasteiger partial charge in [-0.2, -0.15) is 0 Å². The molecule has 12 heteroatoms. The van der Waals surface area contributed by atoms with E-state index in [0.717, 1.165) is 6.07 Å². The van der Waals surface area contributed by atoms with Crippen LogP contribution in [0, 0.1) is 22.0 Å². The van der Waals surface area contributed by atoms with Crippen LogP contribution in [0.4, 0.5) is 11.4 Å². The summed E-state index contributed by atoms with van der Waals surface area (Å²) in [7, 11) is 0. The van der Waals surface area contributed by atoms with Gasteiger partial charge >= 0.3 is 0 Å². The summed E-state index contributed by atoms with van der Waals surface area (Å²) in [6.07, 6.45) is 0. The molecule has 2 aliphatic carbocycles. The molecule has 1 saturated heterocycles. The van der Waals surface area contributed by atoms with Gasteiger partial charge in [0.1, 0.15) is 15.4 Å². The molecule has 6 nitrogen and oxygen atoms in total. The van der Waals surface area contributed by atoms with Crippen molar-refractivity contribution < 1.29 is 14.5 Å². The second kappa shape index (κ2) is 5.65. The van der Waals surface area contributed by atoms with E-state index >= 15 is 0 Å². The molecule has 27 heavy (non-hydrogen) atoms. The summed E-state index contributed by atoms with van der Waals surface area (Å²) in [6.45, 7) is 0. The van der Waals surface area contributed by atoms with E-state index in [1.54, 1.807) is 0 Å². The lowest BCUT2D eigenvalue weighted by molar-refractivity contribution is -0.384. The van der Waals surface area contributed by atoms with E-state index in [4.69, 9.17) is 69.6 Å². The number of allylic oxidation sites excluding steroid dienone is 2. The number of imide groups is 1. The van der Waals surface area contributed by atoms with Crippen LogP contribution in [-0.4, -0.2) is 30.8 Å². The zero-order valence-corrected chi connectivity index (χ0v) is 17.3. The normalized spacial score (nSPS) is 36.6. The first-order chi connectivity index (χ1) is 12.4. The summed E-state index contributed by atoms with van der Waals surface area (Å²) >= 11 is 38.3. The van der Waals surface area contributed by atoms with Crippen LogP contribution in [0.25, 0.3) is 0 Å². The number of fused-ring (bicyclic) bond motifs is 5. The molecular formula is C15H6Cl6N2O4. The molecule has 0 N–H and O–H groups in total. The van der Waals surface area contributed by atoms with Gasteiger partial charge in [0.25, 0.3) is 5.69 Å². The quantitative estimate of drug-likeness (QED) is 0.264. The Hall–Kier alpha value is -0.760. The molecular weight excluding hydrogens is 485 g/mol. The van der Waals surface area contributed by atoms with Gasteiger partial charge in [-0.3, -0.25) is 19.7 Å². The molecule has 0 unspecified atom stereocenters. The highest BCUT2D eigenvalue weighted by atomic mass is 35.5. The molecule has 1 aliphatic heterocycles. The molecule has 1 saturated carbocycles. The number of alkyl halides is 4. The van der Waals surface area contributed by atoms with Crippen molar-refractivity contribution in [2.45, 2.75) is 14.1 Å². The van der Waals surface area contributed by atoms with Gasteiger partial charge in [0.2, 0.25) is 11.8 Å². The Morgan fingerprint density at radius 1 is 0.926 bits per heavy atom. The van der Waals surface area contributed by atoms with Crippen LogP contribution in [0.2, 0.25) is 0 Å². The van der Waals surface area contributed by atoms with E-state index in [2.05, 4.69) is 0 Å². The Bertz CT molecular complexity index is 935. The fraction of sp³-hybridized carbons (Fsp3) is 0.333. The molecule has 0 aromatic heterocycles. The first kappa shape index (κ1) is 19.6. The fourth-order valence-electron chi connectivity index (χ4n) is 4.04. The number of carbonyl (C=O) groups is 2. The largest absolute Gasteiger partial charge is 0.293 e. The van der Waals surface area contributed by atoms with E-state index in [-0.39, 0.29) is 15.8 Å². The van der Waals surface area contributed by atoms with Crippen LogP contribution in [-0.2, 0) is 9.59 Å². The molecule has 1 aromatic rings. The highest BCUT2D eigenvalue weighted by Crippen LogP contribution is 2.77. The molecule has 1 heterocycles. The second-order valence-electron chi connectivity index (χ2n) is 6.34. The number of hydrogen-bond acceptors (Lipinski definition) is 4. The van der Waals surface area contributed by atoms with E-state index in [9.17, 15) is 19.7 Å². The molecule has 2 bridgehead atoms. The Morgan fingerprint density at radius 2 is 1.37 bits per heavy atom. The highest BCUT2D eigenvalue weighted by molar-refractivity contribution is 6.67. The molecule has 3 aliphatic rings. The minimum absolute atomic E-state index is 0.214. The number of rotatable bonds is 2. The summed E-state index contributed by atoms with van der Waals surface area (Å²) in [5.74, 6) is -4.36. The monoisotopic (exact) mass is 488 g/mol. The van der Waals surface area contributed by atoms with Gasteiger partial charge in [-0.1, -0.05) is 58.5 Å². The number of para-hydroxylation sites is 2. The zero-order valence-electron chi connectivity index (χ0n) is 12.8. The van der Waals surface area contributed by atoms with Gasteiger partial charge in [-0.05, 0) is 6.07 Å². The molecule has 2 fully saturated rings. The number of hydrogen-bond donors (Lipinski definition) is 0. The Kier molecular flexibility index (Phi) is 4.09. The van der Waals surface area contributed by atoms with Crippen LogP contribution >= 0.6 is 69.6 Å². The Balaban J connectivity index is 1.93. The van der Waals surface area contributed by atoms with Crippen molar-refractivity contribution in [2.75, 3.05) is 4.90 Å². The topological polar surface area (TPSA) is 80.5 Å². The van der Waals surface area contributed by atoms with E-state index in [1.165, 1.54) is 18.2 Å². The number of benzene rings is 1. The third kappa shape index (κ3) is 1.92. The third-order valence-electron chi connectivity index (χ3n) is 5.23. The van der Waals surface area contributed by atoms with Crippen molar-refractivity contribution >= 4 is 92.8 Å². The van der Waals surface area contributed by atoms with Crippen molar-refractivity contribution in [3.8, 4) is 0 Å². The average molecular weight is 491 g/mol. The van der Waals surface area contributed by atoms with Crippen LogP contribution < -0.4 is 4.90 Å². The Labute approximate surface area is 182 Å². The number of nitro benzene ring substituents is 1. The van der Waals surface area contributed by atoms with Crippen molar-refractivity contribution in [1.82, 2.24) is 0 Å². The number of nitro groups is 1. The molecule has 142 valence electrons. The minimum atomic E-state index is -2.05. The lowest BCUT2D eigenvalue weighted by Crippen LogP contribution is -2.50. The molecule has 0 radical (unpaired) electrons. The van der Waals surface area contributed by atoms with Crippen LogP contribution in [0.1, 0.15) is 0 Å². The maximum Gasteiger partial charge on any atom is 0.293 e. The van der Waals surface area contributed by atoms with E-state index in [1.807, 2.05) is 0 Å². The van der Waals surface area contributed by atoms with E-state index in [0.29, 0.717) is 4.90 Å². The first-order valence-electron chi connectivity index (χ1n) is 7.37. The maximum absolute atomic E-state index is 13.1. The van der Waals surface area contributed by atoms with Crippen molar-refractivity contribution in [2.24, 2.45) is 11.8 Å². The van der Waals surface area contributed by atoms with E-state index < -0.39 is 48.3 Å². The van der Waals surface area contributed by atoms with Crippen molar-refractivity contribution in [1.29, 1.82) is 0 Å². The number of carbonyl (C=O) groups excluding carboxylic acids is 2. The molecule has 4 atom stereocenters. The minimum Gasteiger partial charge on any atom is -0.274 e. The molecule has 2 amide bonds. The Morgan fingerprint density at radius 3 is 1.81 bits per heavy atom. The fourth-order valence-corrected chi connectivity index (χ4v) is 6.97. The first-order valence-corrected chi connectivity index (χ1v) is 9.63. The third-order valence-corrected chi connectivity index (χ3v) is 9.49. The predicted molar refractivity (Wildman–Crippen MR) is 103 cm³/mol. The SMILES string of the molecule is O=C1[C@@H]2[C@H](C(=O)N1c1ccccc1[N+](=O)[O-])[C@]1(Cl)C(Cl)=C(Cl)[C@]2(Cl)C1(Cl)Cl. The van der Waals surface area contributed by atoms with Crippen LogP contribution in [0.3, 0.4) is 0 Å². The number of amides is 2. The van der Waals surface area contributed by atoms with Crippen molar-refractivity contribution in [3.63, 3.8) is 0 Å². The average Bonchev–Trinajstić information content (AvgIpc) is 2.99. The van der Waals surface area contributed by atoms with Crippen LogP contribution in [0.5, 0.6) is 0 Å². The predicted octanol–water partition coefficient (Wildman–Crippen LogP) is 4.55. The van der Waals surface area contributed by atoms with Gasteiger partial charge in [-0.15, -0.1) is 23.2 Å². The summed E-state index contributed by atoms with van der Waals surface area (Å²) < 4.78 is -2.05. The summed E-state index contributed by atoms with van der Waals surface area (Å²) in [5, 5.41) is 10.9. The van der Waals surface area contributed by atoms with Gasteiger partial charge in [0.05, 0.1) is 26.8 Å². The molecule has 4 rings (SSSR count). The zero-order chi connectivity index (χ0) is 20.1. The summed E-state index contributed by atoms with van der Waals surface area (Å²) in [4.78, 5) is 33.7. The van der Waals surface area contributed by atoms with Gasteiger partial charge < -0.3 is 0 Å². The maximum atomic E-state index is 13.1. The lowest BCUT2D eigenvalue weighted by atomic mass is 9.84. The van der Waals surface area contributed by atoms with Crippen molar-refractivity contribution in [3.05, 3.63) is 44.4 Å². The standard InChI is InChI=1S/C15H6Cl6N2O4/c16-9-10(17)14(19)8-7(13(9,18)15(14,20)21)11(24)22(12(8)25)5-3-1-2-4-6(5)23(26)27/h1-4,7-8H/t7-,8+,13-,14-/m0/s1. The van der Waals surface area contributed by atoms with Gasteiger partial charge in [0, 0.05) is 6.07 Å². The summed E-state index contributed by atoms with van der Waals surface area (Å²) in [6, 6.07) is 5.28. The van der Waals surface area contributed by atoms with Crippen LogP contribution in [0.15, 0.2) is 34.3 Å². The molecule has 0 spiro atoms. The molecule has 1 aromatic carbocycles. The lowest BCUT2D eigenvalue weighted by Gasteiger charge is -2.34. The van der Waals surface area contributed by atoms with Gasteiger partial charge in [0.15, 0.2) is 4.33 Å². The van der Waals surface area contributed by atoms with Gasteiger partial charge in [-0.25, -0.2) is 4.90 Å². The number of nitrogens with zero attached hydrogens (tertiary/aromatic N) is 2. The smallest absolute Gasteiger partial charge is 0.274 e. The summed E-state index contributed by atoms with van der Waals surface area (Å²) in [5.41, 5.74) is -0.652. The number of anilines is 1. The second-order valence-corrected chi connectivity index (χ2v) is 9.61. The number of halogens is 6. The highest BCUT2D eigenvalue weighted by Gasteiger charge is 2.87.